The van der Waals surface area contributed by atoms with Crippen molar-refractivity contribution in [3.63, 3.8) is 0 Å². The summed E-state index contributed by atoms with van der Waals surface area (Å²) in [5, 5.41) is 0. The van der Waals surface area contributed by atoms with Crippen molar-refractivity contribution in [3.05, 3.63) is 0 Å². The molecular weight excluding hydrogens is 177 g/mol. The van der Waals surface area contributed by atoms with Gasteiger partial charge in [0.1, 0.15) is 6.17 Å². The molecule has 0 aromatic carbocycles. The van der Waals surface area contributed by atoms with Gasteiger partial charge in [-0.05, 0) is 32.6 Å². The summed E-state index contributed by atoms with van der Waals surface area (Å²) in [6.45, 7) is 8.94. The molecule has 3 unspecified atom stereocenters. The molecular formula is C12H22FN. The molecule has 0 N–H and O–H groups in total. The lowest BCUT2D eigenvalue weighted by atomic mass is 9.88. The number of piperidine rings is 1. The van der Waals surface area contributed by atoms with E-state index < -0.39 is 6.17 Å². The van der Waals surface area contributed by atoms with Crippen LogP contribution < -0.4 is 0 Å². The van der Waals surface area contributed by atoms with Crippen molar-refractivity contribution >= 4 is 0 Å². The van der Waals surface area contributed by atoms with Crippen LogP contribution in [0, 0.1) is 11.8 Å². The number of likely N-dealkylation sites (tertiary alicyclic amines) is 1. The standard InChI is InChI=1S/C12H22FN/c1-7(2)12-10-5-9(6-11(10)13)14(12)8(3)4/h7-12H,5-6H2,1-4H3/t9?,10?,11?,12-/m1/s1. The van der Waals surface area contributed by atoms with E-state index in [2.05, 4.69) is 32.6 Å². The first-order valence-corrected chi connectivity index (χ1v) is 5.94. The van der Waals surface area contributed by atoms with E-state index in [1.165, 1.54) is 0 Å². The first-order chi connectivity index (χ1) is 6.52. The fourth-order valence-corrected chi connectivity index (χ4v) is 3.66. The van der Waals surface area contributed by atoms with Gasteiger partial charge in [-0.25, -0.2) is 4.39 Å². The number of nitrogens with zero attached hydrogens (tertiary/aromatic N) is 1. The minimum absolute atomic E-state index is 0.322. The van der Waals surface area contributed by atoms with Gasteiger partial charge in [0.05, 0.1) is 0 Å². The van der Waals surface area contributed by atoms with Gasteiger partial charge in [0.15, 0.2) is 0 Å². The minimum Gasteiger partial charge on any atom is -0.294 e. The zero-order chi connectivity index (χ0) is 10.5. The molecule has 0 aromatic rings. The van der Waals surface area contributed by atoms with Crippen molar-refractivity contribution in [3.8, 4) is 0 Å². The van der Waals surface area contributed by atoms with Crippen LogP contribution in [0.4, 0.5) is 4.39 Å². The van der Waals surface area contributed by atoms with E-state index in [4.69, 9.17) is 0 Å². The molecule has 1 nitrogen and oxygen atoms in total. The predicted molar refractivity (Wildman–Crippen MR) is 57.0 cm³/mol. The minimum atomic E-state index is -0.526. The summed E-state index contributed by atoms with van der Waals surface area (Å²) in [6.07, 6.45) is 1.36. The third-order valence-electron chi connectivity index (χ3n) is 3.99. The molecule has 1 heterocycles. The van der Waals surface area contributed by atoms with Crippen LogP contribution in [0.3, 0.4) is 0 Å². The zero-order valence-corrected chi connectivity index (χ0v) is 9.70. The molecule has 0 amide bonds. The molecule has 0 radical (unpaired) electrons. The number of halogens is 1. The molecule has 1 aliphatic heterocycles. The lowest BCUT2D eigenvalue weighted by Gasteiger charge is -2.41. The van der Waals surface area contributed by atoms with Gasteiger partial charge < -0.3 is 0 Å². The first kappa shape index (κ1) is 10.4. The number of rotatable bonds is 2. The van der Waals surface area contributed by atoms with Gasteiger partial charge in [0, 0.05) is 24.0 Å². The number of alkyl halides is 1. The predicted octanol–water partition coefficient (Wildman–Crippen LogP) is 2.85. The van der Waals surface area contributed by atoms with Crippen LogP contribution in [0.1, 0.15) is 40.5 Å². The molecule has 2 fully saturated rings. The lowest BCUT2D eigenvalue weighted by Crippen LogP contribution is -2.50. The summed E-state index contributed by atoms with van der Waals surface area (Å²) in [5.41, 5.74) is 0. The van der Waals surface area contributed by atoms with Crippen LogP contribution in [0.5, 0.6) is 0 Å². The summed E-state index contributed by atoms with van der Waals surface area (Å²) < 4.78 is 13.6. The Morgan fingerprint density at radius 3 is 2.29 bits per heavy atom. The molecule has 0 spiro atoms. The highest BCUT2D eigenvalue weighted by molar-refractivity contribution is 5.05. The molecule has 1 aliphatic carbocycles. The van der Waals surface area contributed by atoms with Crippen LogP contribution in [-0.2, 0) is 0 Å². The van der Waals surface area contributed by atoms with Crippen molar-refractivity contribution in [2.24, 2.45) is 11.8 Å². The van der Waals surface area contributed by atoms with Gasteiger partial charge in [-0.15, -0.1) is 0 Å². The molecule has 2 aliphatic rings. The zero-order valence-electron chi connectivity index (χ0n) is 9.70. The number of fused-ring (bicyclic) bond motifs is 2. The summed E-state index contributed by atoms with van der Waals surface area (Å²) in [5.74, 6) is 0.911. The van der Waals surface area contributed by atoms with Crippen LogP contribution in [-0.4, -0.2) is 29.2 Å². The van der Waals surface area contributed by atoms with Gasteiger partial charge >= 0.3 is 0 Å². The van der Waals surface area contributed by atoms with Crippen molar-refractivity contribution in [1.29, 1.82) is 0 Å². The Kier molecular flexibility index (Phi) is 2.59. The smallest absolute Gasteiger partial charge is 0.106 e. The number of hydrogen-bond acceptors (Lipinski definition) is 1. The third kappa shape index (κ3) is 1.39. The average molecular weight is 199 g/mol. The Morgan fingerprint density at radius 2 is 1.79 bits per heavy atom. The Labute approximate surface area is 86.7 Å². The molecule has 2 rings (SSSR count). The van der Waals surface area contributed by atoms with Crippen molar-refractivity contribution in [2.75, 3.05) is 0 Å². The Hall–Kier alpha value is -0.110. The summed E-state index contributed by atoms with van der Waals surface area (Å²) in [7, 11) is 0. The second-order valence-electron chi connectivity index (χ2n) is 5.58. The molecule has 4 atom stereocenters. The second-order valence-corrected chi connectivity index (χ2v) is 5.58. The normalized spacial score (nSPS) is 43.1. The number of hydrogen-bond donors (Lipinski definition) is 0. The molecule has 82 valence electrons. The molecule has 0 aromatic heterocycles. The quantitative estimate of drug-likeness (QED) is 0.661. The molecule has 1 saturated carbocycles. The van der Waals surface area contributed by atoms with Gasteiger partial charge in [0.25, 0.3) is 0 Å². The maximum absolute atomic E-state index is 13.6. The van der Waals surface area contributed by atoms with E-state index in [1.807, 2.05) is 0 Å². The maximum Gasteiger partial charge on any atom is 0.106 e. The highest BCUT2D eigenvalue weighted by Gasteiger charge is 2.52. The molecule has 1 saturated heterocycles. The third-order valence-corrected chi connectivity index (χ3v) is 3.99. The van der Waals surface area contributed by atoms with Crippen LogP contribution in [0.25, 0.3) is 0 Å². The van der Waals surface area contributed by atoms with Gasteiger partial charge in [-0.2, -0.15) is 0 Å². The SMILES string of the molecule is CC(C)[C@@H]1C2CC(CC2F)N1C(C)C. The van der Waals surface area contributed by atoms with E-state index in [0.29, 0.717) is 30.0 Å². The Balaban J connectivity index is 2.19. The summed E-state index contributed by atoms with van der Waals surface area (Å²) >= 11 is 0. The molecule has 14 heavy (non-hydrogen) atoms. The first-order valence-electron chi connectivity index (χ1n) is 5.94. The van der Waals surface area contributed by atoms with Gasteiger partial charge in [-0.1, -0.05) is 13.8 Å². The van der Waals surface area contributed by atoms with Gasteiger partial charge in [-0.3, -0.25) is 4.90 Å². The monoisotopic (exact) mass is 199 g/mol. The summed E-state index contributed by atoms with van der Waals surface area (Å²) in [4.78, 5) is 2.56. The largest absolute Gasteiger partial charge is 0.294 e. The highest BCUT2D eigenvalue weighted by Crippen LogP contribution is 2.47. The Morgan fingerprint density at radius 1 is 1.14 bits per heavy atom. The summed E-state index contributed by atoms with van der Waals surface area (Å²) in [6, 6.07) is 1.59. The topological polar surface area (TPSA) is 3.24 Å². The van der Waals surface area contributed by atoms with Crippen molar-refractivity contribution < 1.29 is 4.39 Å². The highest BCUT2D eigenvalue weighted by atomic mass is 19.1. The second kappa shape index (κ2) is 3.48. The van der Waals surface area contributed by atoms with Crippen LogP contribution in [0.15, 0.2) is 0 Å². The maximum atomic E-state index is 13.6. The fraction of sp³-hybridized carbons (Fsp3) is 1.00. The average Bonchev–Trinajstić information content (AvgIpc) is 2.58. The van der Waals surface area contributed by atoms with E-state index in [9.17, 15) is 4.39 Å². The fourth-order valence-electron chi connectivity index (χ4n) is 3.66. The van der Waals surface area contributed by atoms with Crippen LogP contribution in [0.2, 0.25) is 0 Å². The molecule has 2 heteroatoms. The van der Waals surface area contributed by atoms with Gasteiger partial charge in [0.2, 0.25) is 0 Å². The van der Waals surface area contributed by atoms with Crippen LogP contribution >= 0.6 is 0 Å². The Bertz CT molecular complexity index is 214. The van der Waals surface area contributed by atoms with E-state index in [1.54, 1.807) is 0 Å². The van der Waals surface area contributed by atoms with E-state index in [0.717, 1.165) is 12.8 Å². The van der Waals surface area contributed by atoms with Crippen molar-refractivity contribution in [2.45, 2.75) is 64.8 Å². The lowest BCUT2D eigenvalue weighted by molar-refractivity contribution is 0.0334. The van der Waals surface area contributed by atoms with E-state index in [-0.39, 0.29) is 0 Å². The van der Waals surface area contributed by atoms with E-state index >= 15 is 0 Å². The molecule has 2 bridgehead atoms. The van der Waals surface area contributed by atoms with Crippen molar-refractivity contribution in [1.82, 2.24) is 4.90 Å².